The molecule has 0 saturated heterocycles. The highest BCUT2D eigenvalue weighted by atomic mass is 16.5. The first kappa shape index (κ1) is 15.2. The fraction of sp³-hybridized carbons (Fsp3) is 0.615. The summed E-state index contributed by atoms with van der Waals surface area (Å²) in [6, 6.07) is 1.78. The third kappa shape index (κ3) is 5.54. The molecule has 1 aromatic rings. The van der Waals surface area contributed by atoms with E-state index in [2.05, 4.69) is 15.3 Å². The number of aryl methyl sites for hydroxylation is 1. The molecule has 0 saturated carbocycles. The number of nitrogens with one attached hydrogen (secondary N) is 1. The number of hydrogen-bond donors (Lipinski definition) is 2. The first-order valence-electron chi connectivity index (χ1n) is 6.48. The number of carboxylic acid groups (broad SMARTS) is 1. The molecule has 6 heteroatoms. The van der Waals surface area contributed by atoms with Gasteiger partial charge in [-0.2, -0.15) is 4.98 Å². The molecule has 0 fully saturated rings. The van der Waals surface area contributed by atoms with Gasteiger partial charge < -0.3 is 15.2 Å². The zero-order valence-electron chi connectivity index (χ0n) is 11.6. The van der Waals surface area contributed by atoms with Crippen LogP contribution in [0, 0.1) is 12.8 Å². The van der Waals surface area contributed by atoms with E-state index in [-0.39, 0.29) is 5.92 Å². The van der Waals surface area contributed by atoms with Gasteiger partial charge in [-0.05, 0) is 26.7 Å². The smallest absolute Gasteiger partial charge is 0.306 e. The molecule has 0 aliphatic carbocycles. The van der Waals surface area contributed by atoms with Crippen molar-refractivity contribution in [1.82, 2.24) is 9.97 Å². The summed E-state index contributed by atoms with van der Waals surface area (Å²) in [5, 5.41) is 11.9. The summed E-state index contributed by atoms with van der Waals surface area (Å²) in [5.74, 6) is -0.00696. The Morgan fingerprint density at radius 2 is 2.26 bits per heavy atom. The summed E-state index contributed by atoms with van der Waals surface area (Å²) in [5.41, 5.74) is 0.833. The quantitative estimate of drug-likeness (QED) is 0.702. The molecule has 0 aliphatic rings. The Balaban J connectivity index is 2.42. The number of carbonyl (C=O) groups is 1. The normalized spacial score (nSPS) is 11.9. The second-order valence-electron chi connectivity index (χ2n) is 4.41. The molecule has 1 heterocycles. The molecule has 0 spiro atoms. The highest BCUT2D eigenvalue weighted by molar-refractivity contribution is 5.69. The van der Waals surface area contributed by atoms with Gasteiger partial charge in [-0.15, -0.1) is 0 Å². The lowest BCUT2D eigenvalue weighted by molar-refractivity contribution is -0.141. The Morgan fingerprint density at radius 3 is 2.89 bits per heavy atom. The van der Waals surface area contributed by atoms with E-state index in [1.165, 1.54) is 0 Å². The number of aliphatic carboxylic acids is 1. The predicted molar refractivity (Wildman–Crippen MR) is 72.5 cm³/mol. The van der Waals surface area contributed by atoms with Crippen molar-refractivity contribution >= 4 is 11.9 Å². The average Bonchev–Trinajstić information content (AvgIpc) is 2.34. The maximum absolute atomic E-state index is 10.7. The number of aromatic nitrogens is 2. The fourth-order valence-corrected chi connectivity index (χ4v) is 1.57. The van der Waals surface area contributed by atoms with Crippen molar-refractivity contribution < 1.29 is 14.6 Å². The highest BCUT2D eigenvalue weighted by Crippen LogP contribution is 2.12. The lowest BCUT2D eigenvalue weighted by Gasteiger charge is -2.09. The van der Waals surface area contributed by atoms with Gasteiger partial charge in [-0.3, -0.25) is 4.79 Å². The van der Waals surface area contributed by atoms with Gasteiger partial charge in [0.25, 0.3) is 0 Å². The van der Waals surface area contributed by atoms with Crippen LogP contribution >= 0.6 is 0 Å². The third-order valence-corrected chi connectivity index (χ3v) is 2.64. The van der Waals surface area contributed by atoms with E-state index in [1.807, 2.05) is 13.8 Å². The molecule has 1 unspecified atom stereocenters. The summed E-state index contributed by atoms with van der Waals surface area (Å²) < 4.78 is 5.33. The van der Waals surface area contributed by atoms with Gasteiger partial charge in [0.15, 0.2) is 0 Å². The van der Waals surface area contributed by atoms with Crippen LogP contribution in [-0.2, 0) is 4.79 Å². The van der Waals surface area contributed by atoms with Gasteiger partial charge in [0.1, 0.15) is 0 Å². The molecule has 0 amide bonds. The molecule has 1 atom stereocenters. The lowest BCUT2D eigenvalue weighted by atomic mass is 10.1. The molecule has 106 valence electrons. The topological polar surface area (TPSA) is 84.3 Å². The monoisotopic (exact) mass is 267 g/mol. The number of hydrogen-bond acceptors (Lipinski definition) is 5. The second kappa shape index (κ2) is 7.56. The van der Waals surface area contributed by atoms with Crippen LogP contribution in [0.15, 0.2) is 6.07 Å². The van der Waals surface area contributed by atoms with E-state index in [9.17, 15) is 4.79 Å². The SMILES string of the molecule is CCOc1cc(C)nc(NCCCC(C)C(=O)O)n1. The van der Waals surface area contributed by atoms with Crippen molar-refractivity contribution in [2.45, 2.75) is 33.6 Å². The largest absolute Gasteiger partial charge is 0.481 e. The van der Waals surface area contributed by atoms with Gasteiger partial charge in [0, 0.05) is 18.3 Å². The molecule has 2 N–H and O–H groups in total. The molecule has 0 aromatic carbocycles. The number of ether oxygens (including phenoxy) is 1. The van der Waals surface area contributed by atoms with E-state index in [1.54, 1.807) is 13.0 Å². The average molecular weight is 267 g/mol. The minimum absolute atomic E-state index is 0.320. The number of nitrogens with zero attached hydrogens (tertiary/aromatic N) is 2. The first-order chi connectivity index (χ1) is 9.02. The summed E-state index contributed by atoms with van der Waals surface area (Å²) >= 11 is 0. The maximum Gasteiger partial charge on any atom is 0.306 e. The summed E-state index contributed by atoms with van der Waals surface area (Å²) in [6.45, 7) is 6.69. The summed E-state index contributed by atoms with van der Waals surface area (Å²) in [4.78, 5) is 19.1. The zero-order chi connectivity index (χ0) is 14.3. The highest BCUT2D eigenvalue weighted by Gasteiger charge is 2.10. The fourth-order valence-electron chi connectivity index (χ4n) is 1.57. The molecule has 0 aliphatic heterocycles. The molecule has 1 aromatic heterocycles. The second-order valence-corrected chi connectivity index (χ2v) is 4.41. The van der Waals surface area contributed by atoms with Gasteiger partial charge in [0.2, 0.25) is 11.8 Å². The van der Waals surface area contributed by atoms with Crippen molar-refractivity contribution in [3.05, 3.63) is 11.8 Å². The van der Waals surface area contributed by atoms with Crippen molar-refractivity contribution in [3.8, 4) is 5.88 Å². The van der Waals surface area contributed by atoms with Crippen LogP contribution in [-0.4, -0.2) is 34.2 Å². The molecule has 0 radical (unpaired) electrons. The van der Waals surface area contributed by atoms with Crippen LogP contribution in [0.5, 0.6) is 5.88 Å². The van der Waals surface area contributed by atoms with Gasteiger partial charge in [0.05, 0.1) is 12.5 Å². The lowest BCUT2D eigenvalue weighted by Crippen LogP contribution is -2.12. The minimum Gasteiger partial charge on any atom is -0.481 e. The van der Waals surface area contributed by atoms with E-state index in [0.717, 1.165) is 12.1 Å². The number of carboxylic acids is 1. The van der Waals surface area contributed by atoms with Crippen LogP contribution in [0.2, 0.25) is 0 Å². The van der Waals surface area contributed by atoms with E-state index in [0.29, 0.717) is 31.4 Å². The molecule has 19 heavy (non-hydrogen) atoms. The Labute approximate surface area is 113 Å². The number of rotatable bonds is 8. The first-order valence-corrected chi connectivity index (χ1v) is 6.48. The molecular formula is C13H21N3O3. The minimum atomic E-state index is -0.759. The van der Waals surface area contributed by atoms with Crippen molar-refractivity contribution in [1.29, 1.82) is 0 Å². The van der Waals surface area contributed by atoms with Crippen molar-refractivity contribution in [2.24, 2.45) is 5.92 Å². The Hall–Kier alpha value is -1.85. The van der Waals surface area contributed by atoms with Gasteiger partial charge >= 0.3 is 5.97 Å². The van der Waals surface area contributed by atoms with Gasteiger partial charge in [-0.25, -0.2) is 4.98 Å². The van der Waals surface area contributed by atoms with Crippen LogP contribution < -0.4 is 10.1 Å². The predicted octanol–water partition coefficient (Wildman–Crippen LogP) is 2.10. The molecule has 6 nitrogen and oxygen atoms in total. The summed E-state index contributed by atoms with van der Waals surface area (Å²) in [6.07, 6.45) is 1.39. The maximum atomic E-state index is 10.7. The standard InChI is InChI=1S/C13H21N3O3/c1-4-19-11-8-10(3)15-13(16-11)14-7-5-6-9(2)12(17)18/h8-9H,4-7H2,1-3H3,(H,17,18)(H,14,15,16). The zero-order valence-corrected chi connectivity index (χ0v) is 11.6. The Morgan fingerprint density at radius 1 is 1.53 bits per heavy atom. The van der Waals surface area contributed by atoms with Gasteiger partial charge in [-0.1, -0.05) is 6.92 Å². The van der Waals surface area contributed by atoms with Crippen LogP contribution in [0.1, 0.15) is 32.4 Å². The Bertz CT molecular complexity index is 424. The van der Waals surface area contributed by atoms with Crippen LogP contribution in [0.4, 0.5) is 5.95 Å². The van der Waals surface area contributed by atoms with E-state index < -0.39 is 5.97 Å². The molecule has 0 bridgehead atoms. The van der Waals surface area contributed by atoms with Crippen LogP contribution in [0.3, 0.4) is 0 Å². The molecular weight excluding hydrogens is 246 g/mol. The van der Waals surface area contributed by atoms with Crippen molar-refractivity contribution in [2.75, 3.05) is 18.5 Å². The Kier molecular flexibility index (Phi) is 6.05. The molecule has 1 rings (SSSR count). The summed E-state index contributed by atoms with van der Waals surface area (Å²) in [7, 11) is 0. The third-order valence-electron chi connectivity index (χ3n) is 2.64. The van der Waals surface area contributed by atoms with E-state index >= 15 is 0 Å². The number of anilines is 1. The van der Waals surface area contributed by atoms with Crippen LogP contribution in [0.25, 0.3) is 0 Å². The van der Waals surface area contributed by atoms with E-state index in [4.69, 9.17) is 9.84 Å². The van der Waals surface area contributed by atoms with Crippen molar-refractivity contribution in [3.63, 3.8) is 0 Å².